The standard InChI is InChI=1S/C20H19NO2S/c1-15-11-12-24-19(15)13-21-20(22)17-7-9-18(10-8-17)23-14-16-5-3-2-4-6-16/h2-12H,13-14H2,1H3,(H,21,22). The minimum absolute atomic E-state index is 0.0718. The maximum atomic E-state index is 12.2. The SMILES string of the molecule is Cc1ccsc1CNC(=O)c1ccc(OCc2ccccc2)cc1. The molecule has 0 bridgehead atoms. The van der Waals surface area contributed by atoms with E-state index in [2.05, 4.69) is 18.3 Å². The van der Waals surface area contributed by atoms with Gasteiger partial charge in [0.15, 0.2) is 0 Å². The average Bonchev–Trinajstić information content (AvgIpc) is 3.04. The van der Waals surface area contributed by atoms with E-state index in [1.807, 2.05) is 47.8 Å². The van der Waals surface area contributed by atoms with Crippen LogP contribution in [-0.4, -0.2) is 5.91 Å². The van der Waals surface area contributed by atoms with Crippen molar-refractivity contribution >= 4 is 17.2 Å². The zero-order chi connectivity index (χ0) is 16.8. The van der Waals surface area contributed by atoms with Gasteiger partial charge in [-0.25, -0.2) is 0 Å². The van der Waals surface area contributed by atoms with Gasteiger partial charge in [-0.2, -0.15) is 0 Å². The van der Waals surface area contributed by atoms with Gasteiger partial charge in [0.2, 0.25) is 0 Å². The highest BCUT2D eigenvalue weighted by Crippen LogP contribution is 2.16. The maximum absolute atomic E-state index is 12.2. The molecule has 0 aliphatic heterocycles. The zero-order valence-corrected chi connectivity index (χ0v) is 14.3. The Bertz CT molecular complexity index is 794. The smallest absolute Gasteiger partial charge is 0.251 e. The van der Waals surface area contributed by atoms with Crippen LogP contribution in [0.4, 0.5) is 0 Å². The van der Waals surface area contributed by atoms with Crippen molar-refractivity contribution in [3.05, 3.63) is 87.6 Å². The Kier molecular flexibility index (Phi) is 5.29. The van der Waals surface area contributed by atoms with Crippen molar-refractivity contribution in [3.63, 3.8) is 0 Å². The second-order valence-electron chi connectivity index (χ2n) is 5.51. The van der Waals surface area contributed by atoms with E-state index in [4.69, 9.17) is 4.74 Å². The van der Waals surface area contributed by atoms with Gasteiger partial charge in [0, 0.05) is 10.4 Å². The molecule has 0 fully saturated rings. The Morgan fingerprint density at radius 1 is 1.04 bits per heavy atom. The topological polar surface area (TPSA) is 38.3 Å². The highest BCUT2D eigenvalue weighted by Gasteiger charge is 2.07. The first-order valence-electron chi connectivity index (χ1n) is 7.80. The van der Waals surface area contributed by atoms with Crippen LogP contribution in [0.2, 0.25) is 0 Å². The summed E-state index contributed by atoms with van der Waals surface area (Å²) in [5.41, 5.74) is 2.96. The van der Waals surface area contributed by atoms with Gasteiger partial charge in [-0.1, -0.05) is 30.3 Å². The molecule has 2 aromatic carbocycles. The minimum Gasteiger partial charge on any atom is -0.489 e. The van der Waals surface area contributed by atoms with E-state index in [0.717, 1.165) is 11.3 Å². The van der Waals surface area contributed by atoms with Crippen molar-refractivity contribution in [1.29, 1.82) is 0 Å². The van der Waals surface area contributed by atoms with E-state index in [1.165, 1.54) is 10.4 Å². The van der Waals surface area contributed by atoms with E-state index in [1.54, 1.807) is 23.5 Å². The van der Waals surface area contributed by atoms with Gasteiger partial charge < -0.3 is 10.1 Å². The highest BCUT2D eigenvalue weighted by molar-refractivity contribution is 7.10. The van der Waals surface area contributed by atoms with E-state index >= 15 is 0 Å². The van der Waals surface area contributed by atoms with Crippen molar-refractivity contribution < 1.29 is 9.53 Å². The highest BCUT2D eigenvalue weighted by atomic mass is 32.1. The maximum Gasteiger partial charge on any atom is 0.251 e. The lowest BCUT2D eigenvalue weighted by Gasteiger charge is -2.08. The summed E-state index contributed by atoms with van der Waals surface area (Å²) in [5, 5.41) is 4.99. The Labute approximate surface area is 145 Å². The molecular weight excluding hydrogens is 318 g/mol. The first-order valence-corrected chi connectivity index (χ1v) is 8.68. The van der Waals surface area contributed by atoms with E-state index in [9.17, 15) is 4.79 Å². The molecule has 1 heterocycles. The molecule has 1 N–H and O–H groups in total. The summed E-state index contributed by atoms with van der Waals surface area (Å²) in [6.07, 6.45) is 0. The Balaban J connectivity index is 1.53. The quantitative estimate of drug-likeness (QED) is 0.716. The Hall–Kier alpha value is -2.59. The molecule has 24 heavy (non-hydrogen) atoms. The lowest BCUT2D eigenvalue weighted by Crippen LogP contribution is -2.22. The summed E-state index contributed by atoms with van der Waals surface area (Å²) < 4.78 is 5.73. The molecule has 3 aromatic rings. The number of benzene rings is 2. The summed E-state index contributed by atoms with van der Waals surface area (Å²) >= 11 is 1.66. The monoisotopic (exact) mass is 337 g/mol. The molecule has 1 amide bonds. The van der Waals surface area contributed by atoms with Crippen molar-refractivity contribution in [1.82, 2.24) is 5.32 Å². The Morgan fingerprint density at radius 2 is 1.79 bits per heavy atom. The lowest BCUT2D eigenvalue weighted by atomic mass is 10.2. The van der Waals surface area contributed by atoms with Crippen molar-refractivity contribution in [2.24, 2.45) is 0 Å². The van der Waals surface area contributed by atoms with Crippen LogP contribution in [0.1, 0.15) is 26.4 Å². The molecule has 122 valence electrons. The zero-order valence-electron chi connectivity index (χ0n) is 13.5. The van der Waals surface area contributed by atoms with Gasteiger partial charge in [-0.3, -0.25) is 4.79 Å². The summed E-state index contributed by atoms with van der Waals surface area (Å²) in [6.45, 7) is 3.13. The number of amides is 1. The fraction of sp³-hybridized carbons (Fsp3) is 0.150. The van der Waals surface area contributed by atoms with Crippen LogP contribution in [0.3, 0.4) is 0 Å². The number of aryl methyl sites for hydroxylation is 1. The number of hydrogen-bond acceptors (Lipinski definition) is 3. The predicted molar refractivity (Wildman–Crippen MR) is 97.4 cm³/mol. The molecule has 0 aliphatic carbocycles. The van der Waals surface area contributed by atoms with Gasteiger partial charge >= 0.3 is 0 Å². The van der Waals surface area contributed by atoms with Crippen LogP contribution in [0.25, 0.3) is 0 Å². The second kappa shape index (κ2) is 7.79. The van der Waals surface area contributed by atoms with Crippen LogP contribution in [0, 0.1) is 6.92 Å². The number of carbonyl (C=O) groups excluding carboxylic acids is 1. The fourth-order valence-corrected chi connectivity index (χ4v) is 3.14. The molecule has 0 atom stereocenters. The van der Waals surface area contributed by atoms with Gasteiger partial charge in [0.25, 0.3) is 5.91 Å². The van der Waals surface area contributed by atoms with E-state index in [-0.39, 0.29) is 5.91 Å². The summed E-state index contributed by atoms with van der Waals surface area (Å²) in [4.78, 5) is 13.4. The van der Waals surface area contributed by atoms with Crippen LogP contribution in [0.5, 0.6) is 5.75 Å². The molecule has 0 aliphatic rings. The van der Waals surface area contributed by atoms with Gasteiger partial charge in [-0.05, 0) is 53.8 Å². The summed E-state index contributed by atoms with van der Waals surface area (Å²) in [7, 11) is 0. The van der Waals surface area contributed by atoms with Crippen LogP contribution < -0.4 is 10.1 Å². The molecule has 0 unspecified atom stereocenters. The third-order valence-electron chi connectivity index (χ3n) is 3.74. The van der Waals surface area contributed by atoms with Crippen molar-refractivity contribution in [3.8, 4) is 5.75 Å². The predicted octanol–water partition coefficient (Wildman–Crippen LogP) is 4.57. The molecular formula is C20H19NO2S. The number of nitrogens with one attached hydrogen (secondary N) is 1. The second-order valence-corrected chi connectivity index (χ2v) is 6.51. The van der Waals surface area contributed by atoms with E-state index < -0.39 is 0 Å². The average molecular weight is 337 g/mol. The molecule has 4 heteroatoms. The first kappa shape index (κ1) is 16.3. The fourth-order valence-electron chi connectivity index (χ4n) is 2.29. The number of carbonyl (C=O) groups is 1. The lowest BCUT2D eigenvalue weighted by molar-refractivity contribution is 0.0951. The largest absolute Gasteiger partial charge is 0.489 e. The van der Waals surface area contributed by atoms with E-state index in [0.29, 0.717) is 18.7 Å². The van der Waals surface area contributed by atoms with Crippen LogP contribution in [0.15, 0.2) is 66.0 Å². The van der Waals surface area contributed by atoms with Crippen LogP contribution in [-0.2, 0) is 13.2 Å². The molecule has 0 saturated heterocycles. The number of hydrogen-bond donors (Lipinski definition) is 1. The molecule has 0 spiro atoms. The summed E-state index contributed by atoms with van der Waals surface area (Å²) in [6, 6.07) is 19.3. The number of ether oxygens (including phenoxy) is 1. The first-order chi connectivity index (χ1) is 11.7. The third-order valence-corrected chi connectivity index (χ3v) is 4.77. The van der Waals surface area contributed by atoms with Gasteiger partial charge in [-0.15, -0.1) is 11.3 Å². The Morgan fingerprint density at radius 3 is 2.46 bits per heavy atom. The molecule has 0 saturated carbocycles. The molecule has 0 radical (unpaired) electrons. The minimum atomic E-state index is -0.0718. The molecule has 3 rings (SSSR count). The normalized spacial score (nSPS) is 10.4. The van der Waals surface area contributed by atoms with Crippen molar-refractivity contribution in [2.75, 3.05) is 0 Å². The summed E-state index contributed by atoms with van der Waals surface area (Å²) in [5.74, 6) is 0.682. The number of rotatable bonds is 6. The number of thiophene rings is 1. The molecule has 1 aromatic heterocycles. The third kappa shape index (κ3) is 4.24. The van der Waals surface area contributed by atoms with Gasteiger partial charge in [0.1, 0.15) is 12.4 Å². The van der Waals surface area contributed by atoms with Crippen LogP contribution >= 0.6 is 11.3 Å². The molecule has 3 nitrogen and oxygen atoms in total. The van der Waals surface area contributed by atoms with Gasteiger partial charge in [0.05, 0.1) is 6.54 Å². The van der Waals surface area contributed by atoms with Crippen molar-refractivity contribution in [2.45, 2.75) is 20.1 Å².